The summed E-state index contributed by atoms with van der Waals surface area (Å²) < 4.78 is 10.9. The fourth-order valence-corrected chi connectivity index (χ4v) is 2.96. The van der Waals surface area contributed by atoms with Crippen molar-refractivity contribution >= 4 is 16.9 Å². The first kappa shape index (κ1) is 14.8. The first-order valence-electron chi connectivity index (χ1n) is 8.16. The molecule has 0 radical (unpaired) electrons. The molecule has 0 spiro atoms. The normalized spacial score (nSPS) is 14.5. The summed E-state index contributed by atoms with van der Waals surface area (Å²) in [7, 11) is 0. The van der Waals surface area contributed by atoms with Gasteiger partial charge in [0.1, 0.15) is 11.3 Å². The predicted molar refractivity (Wildman–Crippen MR) is 90.2 cm³/mol. The van der Waals surface area contributed by atoms with Crippen LogP contribution < -0.4 is 0 Å². The SMILES string of the molecule is O=C(c1cc2ccccc2o1)N1CC(c2nc(-c3cnccn3)no2)C1. The van der Waals surface area contributed by atoms with Gasteiger partial charge < -0.3 is 13.8 Å². The van der Waals surface area contributed by atoms with Crippen molar-refractivity contribution in [1.82, 2.24) is 25.0 Å². The highest BCUT2D eigenvalue weighted by Gasteiger charge is 2.37. The Kier molecular flexibility index (Phi) is 3.27. The molecule has 1 fully saturated rings. The van der Waals surface area contributed by atoms with E-state index in [4.69, 9.17) is 8.94 Å². The molecule has 0 saturated carbocycles. The summed E-state index contributed by atoms with van der Waals surface area (Å²) in [6.07, 6.45) is 4.73. The summed E-state index contributed by atoms with van der Waals surface area (Å²) in [5.74, 6) is 1.12. The van der Waals surface area contributed by atoms with Crippen LogP contribution in [0.15, 0.2) is 57.9 Å². The van der Waals surface area contributed by atoms with Crippen molar-refractivity contribution < 1.29 is 13.7 Å². The van der Waals surface area contributed by atoms with Crippen LogP contribution in [-0.4, -0.2) is 44.0 Å². The molecule has 4 aromatic rings. The minimum absolute atomic E-state index is 0.0150. The van der Waals surface area contributed by atoms with Crippen LogP contribution in [0.1, 0.15) is 22.4 Å². The highest BCUT2D eigenvalue weighted by molar-refractivity contribution is 5.96. The summed E-state index contributed by atoms with van der Waals surface area (Å²) in [5, 5.41) is 4.85. The second-order valence-electron chi connectivity index (χ2n) is 6.10. The Morgan fingerprint density at radius 1 is 1.19 bits per heavy atom. The number of nitrogens with zero attached hydrogens (tertiary/aromatic N) is 5. The number of amides is 1. The summed E-state index contributed by atoms with van der Waals surface area (Å²) in [6.45, 7) is 1.02. The van der Waals surface area contributed by atoms with Crippen LogP contribution in [0.2, 0.25) is 0 Å². The Morgan fingerprint density at radius 2 is 2.08 bits per heavy atom. The lowest BCUT2D eigenvalue weighted by molar-refractivity contribution is 0.0539. The Hall–Kier alpha value is -3.55. The third kappa shape index (κ3) is 2.43. The van der Waals surface area contributed by atoms with E-state index in [0.717, 1.165) is 5.39 Å². The molecule has 5 rings (SSSR count). The minimum Gasteiger partial charge on any atom is -0.451 e. The Bertz CT molecular complexity index is 1050. The topological polar surface area (TPSA) is 98.2 Å². The van der Waals surface area contributed by atoms with Gasteiger partial charge in [0.15, 0.2) is 5.76 Å². The minimum atomic E-state index is -0.133. The van der Waals surface area contributed by atoms with E-state index in [-0.39, 0.29) is 11.8 Å². The van der Waals surface area contributed by atoms with Crippen LogP contribution in [0.5, 0.6) is 0 Å². The first-order chi connectivity index (χ1) is 12.8. The molecule has 0 unspecified atom stereocenters. The van der Waals surface area contributed by atoms with E-state index in [0.29, 0.717) is 41.8 Å². The van der Waals surface area contributed by atoms with Crippen LogP contribution in [0, 0.1) is 0 Å². The van der Waals surface area contributed by atoms with Gasteiger partial charge in [-0.1, -0.05) is 23.4 Å². The molecule has 1 aliphatic heterocycles. The molecule has 1 amide bonds. The Morgan fingerprint density at radius 3 is 2.88 bits per heavy atom. The Labute approximate surface area is 147 Å². The van der Waals surface area contributed by atoms with Gasteiger partial charge in [-0.2, -0.15) is 4.98 Å². The Balaban J connectivity index is 1.28. The average Bonchev–Trinajstić information content (AvgIpc) is 3.28. The molecule has 8 nitrogen and oxygen atoms in total. The molecule has 26 heavy (non-hydrogen) atoms. The van der Waals surface area contributed by atoms with Crippen molar-refractivity contribution in [2.45, 2.75) is 5.92 Å². The number of hydrogen-bond donors (Lipinski definition) is 0. The number of fused-ring (bicyclic) bond motifs is 1. The maximum atomic E-state index is 12.5. The van der Waals surface area contributed by atoms with Gasteiger partial charge in [0.05, 0.1) is 12.1 Å². The number of likely N-dealkylation sites (tertiary alicyclic amines) is 1. The summed E-state index contributed by atoms with van der Waals surface area (Å²) >= 11 is 0. The number of rotatable bonds is 3. The molecule has 0 N–H and O–H groups in total. The van der Waals surface area contributed by atoms with Crippen LogP contribution in [0.25, 0.3) is 22.5 Å². The molecule has 3 aromatic heterocycles. The van der Waals surface area contributed by atoms with Gasteiger partial charge in [-0.05, 0) is 12.1 Å². The molecule has 0 bridgehead atoms. The van der Waals surface area contributed by atoms with Crippen molar-refractivity contribution in [1.29, 1.82) is 0 Å². The zero-order valence-electron chi connectivity index (χ0n) is 13.6. The average molecular weight is 347 g/mol. The van der Waals surface area contributed by atoms with Crippen molar-refractivity contribution in [3.8, 4) is 11.5 Å². The van der Waals surface area contributed by atoms with Crippen LogP contribution in [0.3, 0.4) is 0 Å². The number of para-hydroxylation sites is 1. The highest BCUT2D eigenvalue weighted by Crippen LogP contribution is 2.29. The number of benzene rings is 1. The lowest BCUT2D eigenvalue weighted by Gasteiger charge is -2.36. The van der Waals surface area contributed by atoms with Crippen LogP contribution in [-0.2, 0) is 0 Å². The standard InChI is InChI=1S/C18H13N5O3/c24-18(15-7-11-3-1-2-4-14(11)25-15)23-9-12(10-23)17-21-16(22-26-17)13-8-19-5-6-20-13/h1-8,12H,9-10H2. The second-order valence-corrected chi connectivity index (χ2v) is 6.10. The number of carbonyl (C=O) groups excluding carboxylic acids is 1. The van der Waals surface area contributed by atoms with Gasteiger partial charge in [-0.15, -0.1) is 0 Å². The molecule has 0 atom stereocenters. The lowest BCUT2D eigenvalue weighted by atomic mass is 10.00. The fourth-order valence-electron chi connectivity index (χ4n) is 2.96. The molecule has 1 aliphatic rings. The van der Waals surface area contributed by atoms with Crippen LogP contribution >= 0.6 is 0 Å². The monoisotopic (exact) mass is 347 g/mol. The molecule has 0 aliphatic carbocycles. The number of aromatic nitrogens is 4. The molecule has 1 saturated heterocycles. The molecular weight excluding hydrogens is 334 g/mol. The van der Waals surface area contributed by atoms with Gasteiger partial charge in [-0.25, -0.2) is 4.98 Å². The molecule has 4 heterocycles. The van der Waals surface area contributed by atoms with Crippen molar-refractivity contribution in [2.24, 2.45) is 0 Å². The van der Waals surface area contributed by atoms with Crippen molar-refractivity contribution in [3.63, 3.8) is 0 Å². The van der Waals surface area contributed by atoms with Gasteiger partial charge in [0.2, 0.25) is 11.7 Å². The lowest BCUT2D eigenvalue weighted by Crippen LogP contribution is -2.48. The van der Waals surface area contributed by atoms with E-state index in [1.807, 2.05) is 24.3 Å². The van der Waals surface area contributed by atoms with Crippen LogP contribution in [0.4, 0.5) is 0 Å². The van der Waals surface area contributed by atoms with Gasteiger partial charge in [0, 0.05) is 30.9 Å². The number of carbonyl (C=O) groups is 1. The fraction of sp³-hybridized carbons (Fsp3) is 0.167. The maximum absolute atomic E-state index is 12.5. The summed E-state index contributed by atoms with van der Waals surface area (Å²) in [4.78, 5) is 26.7. The van der Waals surface area contributed by atoms with E-state index in [1.165, 1.54) is 0 Å². The van der Waals surface area contributed by atoms with E-state index >= 15 is 0 Å². The van der Waals surface area contributed by atoms with E-state index in [2.05, 4.69) is 20.1 Å². The third-order valence-electron chi connectivity index (χ3n) is 4.39. The van der Waals surface area contributed by atoms with Crippen molar-refractivity contribution in [2.75, 3.05) is 13.1 Å². The van der Waals surface area contributed by atoms with E-state index in [9.17, 15) is 4.79 Å². The van der Waals surface area contributed by atoms with Gasteiger partial charge >= 0.3 is 0 Å². The third-order valence-corrected chi connectivity index (χ3v) is 4.39. The highest BCUT2D eigenvalue weighted by atomic mass is 16.5. The quantitative estimate of drug-likeness (QED) is 0.561. The second kappa shape index (κ2) is 5.76. The maximum Gasteiger partial charge on any atom is 0.289 e. The molecule has 128 valence electrons. The zero-order valence-corrected chi connectivity index (χ0v) is 13.6. The molecule has 1 aromatic carbocycles. The summed E-state index contributed by atoms with van der Waals surface area (Å²) in [5.41, 5.74) is 1.26. The summed E-state index contributed by atoms with van der Waals surface area (Å²) in [6, 6.07) is 9.32. The number of furan rings is 1. The van der Waals surface area contributed by atoms with E-state index in [1.54, 1.807) is 29.6 Å². The van der Waals surface area contributed by atoms with Crippen molar-refractivity contribution in [3.05, 3.63) is 60.6 Å². The smallest absolute Gasteiger partial charge is 0.289 e. The predicted octanol–water partition coefficient (Wildman–Crippen LogP) is 2.51. The van der Waals surface area contributed by atoms with Gasteiger partial charge in [-0.3, -0.25) is 9.78 Å². The molecule has 8 heteroatoms. The largest absolute Gasteiger partial charge is 0.451 e. The molecular formula is C18H13N5O3. The zero-order chi connectivity index (χ0) is 17.5. The van der Waals surface area contributed by atoms with E-state index < -0.39 is 0 Å². The van der Waals surface area contributed by atoms with Gasteiger partial charge in [0.25, 0.3) is 5.91 Å². The number of hydrogen-bond acceptors (Lipinski definition) is 7. The first-order valence-corrected chi connectivity index (χ1v) is 8.16.